The summed E-state index contributed by atoms with van der Waals surface area (Å²) in [5.74, 6) is 0. The molecule has 54 valence electrons. The summed E-state index contributed by atoms with van der Waals surface area (Å²) in [6.45, 7) is 7.24. The minimum absolute atomic E-state index is 0. The van der Waals surface area contributed by atoms with Crippen LogP contribution < -0.4 is 0 Å². The third-order valence-corrected chi connectivity index (χ3v) is 3.47. The summed E-state index contributed by atoms with van der Waals surface area (Å²) >= 11 is 3.42. The molecular formula is C6H17BrMgSi. The molecule has 0 N–H and O–H groups in total. The van der Waals surface area contributed by atoms with E-state index in [1.54, 1.807) is 0 Å². The van der Waals surface area contributed by atoms with Crippen molar-refractivity contribution < 1.29 is 2.85 Å². The Balaban J connectivity index is -0.0000000817. The van der Waals surface area contributed by atoms with E-state index in [2.05, 4.69) is 35.6 Å². The zero-order valence-electron chi connectivity index (χ0n) is 8.71. The molecule has 0 aliphatic rings. The first kappa shape index (κ1) is 13.1. The maximum atomic E-state index is 3.42. The second-order valence-electron chi connectivity index (χ2n) is 3.35. The molecule has 0 spiro atoms. The molecule has 0 fully saturated rings. The van der Waals surface area contributed by atoms with Crippen LogP contribution in [-0.4, -0.2) is 36.5 Å². The quantitative estimate of drug-likeness (QED) is 0.508. The van der Waals surface area contributed by atoms with Gasteiger partial charge in [0.05, 0.1) is 0 Å². The van der Waals surface area contributed by atoms with Crippen LogP contribution in [0, 0.1) is 0 Å². The molecule has 0 aromatic rings. The minimum atomic E-state index is -0.708. The SMILES string of the molecule is C[Si](C)(C)CCCBr.[H-].[H-].[Mg+2]. The first-order valence-corrected chi connectivity index (χ1v) is 7.95. The molecule has 0 rings (SSSR count). The molecule has 0 saturated carbocycles. The van der Waals surface area contributed by atoms with Gasteiger partial charge < -0.3 is 2.85 Å². The van der Waals surface area contributed by atoms with Gasteiger partial charge in [-0.2, -0.15) is 0 Å². The topological polar surface area (TPSA) is 0 Å². The van der Waals surface area contributed by atoms with E-state index in [1.165, 1.54) is 17.8 Å². The molecule has 0 aliphatic heterocycles. The van der Waals surface area contributed by atoms with E-state index >= 15 is 0 Å². The smallest absolute Gasteiger partial charge is 1.00 e. The Morgan fingerprint density at radius 1 is 1.33 bits per heavy atom. The summed E-state index contributed by atoms with van der Waals surface area (Å²) in [7, 11) is -0.708. The van der Waals surface area contributed by atoms with E-state index in [-0.39, 0.29) is 25.9 Å². The third kappa shape index (κ3) is 12.6. The maximum absolute atomic E-state index is 3.42. The second kappa shape index (κ2) is 6.19. The molecule has 0 unspecified atom stereocenters. The normalized spacial score (nSPS) is 10.7. The van der Waals surface area contributed by atoms with Crippen LogP contribution in [0.2, 0.25) is 25.7 Å². The predicted molar refractivity (Wildman–Crippen MR) is 54.5 cm³/mol. The summed E-state index contributed by atoms with van der Waals surface area (Å²) in [6.07, 6.45) is 1.36. The fourth-order valence-electron chi connectivity index (χ4n) is 0.597. The van der Waals surface area contributed by atoms with Gasteiger partial charge in [0.25, 0.3) is 0 Å². The van der Waals surface area contributed by atoms with Gasteiger partial charge in [-0.05, 0) is 6.42 Å². The minimum Gasteiger partial charge on any atom is -1.00 e. The summed E-state index contributed by atoms with van der Waals surface area (Å²) < 4.78 is 0. The van der Waals surface area contributed by atoms with Crippen LogP contribution in [0.1, 0.15) is 9.27 Å². The molecule has 9 heavy (non-hydrogen) atoms. The molecule has 0 aromatic heterocycles. The van der Waals surface area contributed by atoms with Crippen molar-refractivity contribution in [2.75, 3.05) is 5.33 Å². The number of hydrogen-bond acceptors (Lipinski definition) is 0. The van der Waals surface area contributed by atoms with E-state index in [1.807, 2.05) is 0 Å². The van der Waals surface area contributed by atoms with Gasteiger partial charge in [-0.1, -0.05) is 41.6 Å². The van der Waals surface area contributed by atoms with Gasteiger partial charge in [0.15, 0.2) is 0 Å². The van der Waals surface area contributed by atoms with Gasteiger partial charge in [0, 0.05) is 13.4 Å². The van der Waals surface area contributed by atoms with Crippen LogP contribution in [0.3, 0.4) is 0 Å². The van der Waals surface area contributed by atoms with Crippen molar-refractivity contribution >= 4 is 47.1 Å². The Bertz CT molecular complexity index is 68.1. The first-order valence-electron chi connectivity index (χ1n) is 3.12. The Morgan fingerprint density at radius 3 is 1.89 bits per heavy atom. The largest absolute Gasteiger partial charge is 2.00 e. The van der Waals surface area contributed by atoms with Gasteiger partial charge in [-0.3, -0.25) is 0 Å². The van der Waals surface area contributed by atoms with Crippen molar-refractivity contribution in [2.24, 2.45) is 0 Å². The average molecular weight is 221 g/mol. The van der Waals surface area contributed by atoms with Crippen LogP contribution in [0.25, 0.3) is 0 Å². The van der Waals surface area contributed by atoms with Crippen molar-refractivity contribution in [3.05, 3.63) is 0 Å². The van der Waals surface area contributed by atoms with E-state index in [0.717, 1.165) is 0 Å². The molecule has 0 heterocycles. The van der Waals surface area contributed by atoms with Crippen LogP contribution in [0.15, 0.2) is 0 Å². The van der Waals surface area contributed by atoms with E-state index < -0.39 is 8.07 Å². The van der Waals surface area contributed by atoms with Gasteiger partial charge in [0.1, 0.15) is 0 Å². The number of rotatable bonds is 3. The van der Waals surface area contributed by atoms with Crippen LogP contribution in [0.5, 0.6) is 0 Å². The number of halogens is 1. The van der Waals surface area contributed by atoms with Gasteiger partial charge in [-0.15, -0.1) is 0 Å². The Labute approximate surface area is 87.1 Å². The molecular weight excluding hydrogens is 204 g/mol. The predicted octanol–water partition coefficient (Wildman–Crippen LogP) is 2.95. The summed E-state index contributed by atoms with van der Waals surface area (Å²) in [5.41, 5.74) is 0. The first-order chi connectivity index (χ1) is 3.56. The fourth-order valence-corrected chi connectivity index (χ4v) is 2.63. The Hall–Kier alpha value is 1.46. The molecule has 0 radical (unpaired) electrons. The second-order valence-corrected chi connectivity index (χ2v) is 9.77. The summed E-state index contributed by atoms with van der Waals surface area (Å²) in [6, 6.07) is 1.46. The molecule has 0 nitrogen and oxygen atoms in total. The molecule has 0 amide bonds. The Kier molecular flexibility index (Phi) is 9.00. The zero-order chi connectivity index (χ0) is 6.62. The molecule has 0 bridgehead atoms. The summed E-state index contributed by atoms with van der Waals surface area (Å²) in [5, 5.41) is 1.18. The van der Waals surface area contributed by atoms with Gasteiger partial charge in [0.2, 0.25) is 0 Å². The molecule has 0 aromatic carbocycles. The molecule has 0 atom stereocenters. The molecule has 0 aliphatic carbocycles. The van der Waals surface area contributed by atoms with E-state index in [0.29, 0.717) is 0 Å². The number of hydrogen-bond donors (Lipinski definition) is 0. The van der Waals surface area contributed by atoms with Crippen LogP contribution in [0.4, 0.5) is 0 Å². The zero-order valence-corrected chi connectivity index (χ0v) is 10.7. The monoisotopic (exact) mass is 220 g/mol. The van der Waals surface area contributed by atoms with Crippen molar-refractivity contribution in [3.63, 3.8) is 0 Å². The standard InChI is InChI=1S/C6H15BrSi.Mg.2H/c1-8(2,3)6-4-5-7;;;/h4-6H2,1-3H3;;;/q;+2;2*-1. The van der Waals surface area contributed by atoms with Gasteiger partial charge in [-0.25, -0.2) is 0 Å². The number of alkyl halides is 1. The van der Waals surface area contributed by atoms with Crippen LogP contribution >= 0.6 is 15.9 Å². The molecule has 3 heteroatoms. The van der Waals surface area contributed by atoms with Gasteiger partial charge >= 0.3 is 23.1 Å². The Morgan fingerprint density at radius 2 is 1.78 bits per heavy atom. The van der Waals surface area contributed by atoms with Crippen LogP contribution in [-0.2, 0) is 0 Å². The maximum Gasteiger partial charge on any atom is 2.00 e. The van der Waals surface area contributed by atoms with E-state index in [4.69, 9.17) is 0 Å². The van der Waals surface area contributed by atoms with Crippen molar-refractivity contribution in [1.82, 2.24) is 0 Å². The van der Waals surface area contributed by atoms with Crippen molar-refractivity contribution in [1.29, 1.82) is 0 Å². The average Bonchev–Trinajstić information content (AvgIpc) is 1.59. The van der Waals surface area contributed by atoms with Crippen molar-refractivity contribution in [3.8, 4) is 0 Å². The fraction of sp³-hybridized carbons (Fsp3) is 1.00. The van der Waals surface area contributed by atoms with Crippen molar-refractivity contribution in [2.45, 2.75) is 32.1 Å². The van der Waals surface area contributed by atoms with E-state index in [9.17, 15) is 0 Å². The summed E-state index contributed by atoms with van der Waals surface area (Å²) in [4.78, 5) is 0. The molecule has 0 saturated heterocycles. The third-order valence-electron chi connectivity index (χ3n) is 1.06.